The highest BCUT2D eigenvalue weighted by molar-refractivity contribution is 5.58. The van der Waals surface area contributed by atoms with Crippen LogP contribution in [0.25, 0.3) is 11.4 Å². The zero-order valence-electron chi connectivity index (χ0n) is 10.7. The molecule has 0 saturated carbocycles. The van der Waals surface area contributed by atoms with E-state index in [1.165, 1.54) is 26.1 Å². The van der Waals surface area contributed by atoms with E-state index in [0.29, 0.717) is 5.56 Å². The zero-order chi connectivity index (χ0) is 15.1. The van der Waals surface area contributed by atoms with Gasteiger partial charge in [0.05, 0.1) is 11.7 Å². The Morgan fingerprint density at radius 3 is 2.40 bits per heavy atom. The molecule has 0 unspecified atom stereocenters. The van der Waals surface area contributed by atoms with Gasteiger partial charge in [0.2, 0.25) is 0 Å². The predicted octanol–water partition coefficient (Wildman–Crippen LogP) is 3.30. The van der Waals surface area contributed by atoms with Crippen LogP contribution >= 0.6 is 0 Å². The number of aliphatic hydroxyl groups excluding tert-OH is 1. The molecule has 1 aromatic carbocycles. The molecule has 1 heterocycles. The number of rotatable bonds is 2. The van der Waals surface area contributed by atoms with Crippen molar-refractivity contribution in [1.82, 2.24) is 9.55 Å². The number of hydrogen-bond donors (Lipinski definition) is 1. The molecule has 108 valence electrons. The summed E-state index contributed by atoms with van der Waals surface area (Å²) in [5, 5.41) is 9.34. The van der Waals surface area contributed by atoms with Gasteiger partial charge in [0.1, 0.15) is 11.6 Å². The average Bonchev–Trinajstić information content (AvgIpc) is 2.71. The second kappa shape index (κ2) is 4.90. The van der Waals surface area contributed by atoms with Gasteiger partial charge >= 0.3 is 6.18 Å². The maximum Gasteiger partial charge on any atom is 0.434 e. The number of aromatic nitrogens is 2. The molecule has 0 fully saturated rings. The Morgan fingerprint density at radius 1 is 1.30 bits per heavy atom. The Morgan fingerprint density at radius 2 is 1.95 bits per heavy atom. The lowest BCUT2D eigenvalue weighted by Crippen LogP contribution is -2.05. The molecular weight excluding hydrogens is 276 g/mol. The molecule has 0 bridgehead atoms. The molecule has 1 atom stereocenters. The van der Waals surface area contributed by atoms with Gasteiger partial charge in [-0.25, -0.2) is 9.37 Å². The number of benzene rings is 1. The summed E-state index contributed by atoms with van der Waals surface area (Å²) in [6.07, 6.45) is -4.63. The molecule has 7 heteroatoms. The Bertz CT molecular complexity index is 632. The summed E-state index contributed by atoms with van der Waals surface area (Å²) in [4.78, 5) is 3.42. The van der Waals surface area contributed by atoms with Crippen molar-refractivity contribution in [3.63, 3.8) is 0 Å². The minimum Gasteiger partial charge on any atom is -0.389 e. The fraction of sp³-hybridized carbons (Fsp3) is 0.308. The smallest absolute Gasteiger partial charge is 0.389 e. The second-order valence-electron chi connectivity index (χ2n) is 4.47. The lowest BCUT2D eigenvalue weighted by molar-refractivity contribution is -0.140. The van der Waals surface area contributed by atoms with Crippen LogP contribution in [0.15, 0.2) is 24.4 Å². The third kappa shape index (κ3) is 2.67. The van der Waals surface area contributed by atoms with E-state index in [0.717, 1.165) is 16.8 Å². The van der Waals surface area contributed by atoms with E-state index in [2.05, 4.69) is 4.98 Å². The highest BCUT2D eigenvalue weighted by atomic mass is 19.4. The SMILES string of the molecule is C[C@@H](O)c1ccc(-c2nc(C(F)(F)F)cn2C)c(F)c1. The third-order valence-electron chi connectivity index (χ3n) is 2.88. The van der Waals surface area contributed by atoms with Crippen molar-refractivity contribution in [3.05, 3.63) is 41.5 Å². The van der Waals surface area contributed by atoms with Crippen molar-refractivity contribution in [2.45, 2.75) is 19.2 Å². The summed E-state index contributed by atoms with van der Waals surface area (Å²) < 4.78 is 52.7. The van der Waals surface area contributed by atoms with E-state index < -0.39 is 23.8 Å². The molecule has 1 N–H and O–H groups in total. The van der Waals surface area contributed by atoms with Crippen molar-refractivity contribution >= 4 is 0 Å². The molecule has 0 aliphatic carbocycles. The Kier molecular flexibility index (Phi) is 3.56. The van der Waals surface area contributed by atoms with Crippen LogP contribution in [0.2, 0.25) is 0 Å². The number of halogens is 4. The van der Waals surface area contributed by atoms with Crippen LogP contribution in [0, 0.1) is 5.82 Å². The first-order valence-corrected chi connectivity index (χ1v) is 5.78. The van der Waals surface area contributed by atoms with Crippen molar-refractivity contribution in [1.29, 1.82) is 0 Å². The molecule has 2 aromatic rings. The highest BCUT2D eigenvalue weighted by Crippen LogP contribution is 2.31. The van der Waals surface area contributed by atoms with Crippen LogP contribution in [0.5, 0.6) is 0 Å². The summed E-state index contributed by atoms with van der Waals surface area (Å²) in [5.74, 6) is -0.849. The van der Waals surface area contributed by atoms with E-state index in [1.54, 1.807) is 0 Å². The van der Waals surface area contributed by atoms with Crippen molar-refractivity contribution < 1.29 is 22.7 Å². The molecule has 1 aromatic heterocycles. The van der Waals surface area contributed by atoms with Crippen LogP contribution in [0.1, 0.15) is 24.3 Å². The first-order valence-electron chi connectivity index (χ1n) is 5.78. The third-order valence-corrected chi connectivity index (χ3v) is 2.88. The quantitative estimate of drug-likeness (QED) is 0.861. The van der Waals surface area contributed by atoms with Crippen LogP contribution in [-0.2, 0) is 13.2 Å². The van der Waals surface area contributed by atoms with Crippen molar-refractivity contribution in [2.24, 2.45) is 7.05 Å². The van der Waals surface area contributed by atoms with Crippen molar-refractivity contribution in [3.8, 4) is 11.4 Å². The number of aryl methyl sites for hydroxylation is 1. The molecular formula is C13H12F4N2O. The summed E-state index contributed by atoms with van der Waals surface area (Å²) in [7, 11) is 1.36. The Hall–Kier alpha value is -1.89. The van der Waals surface area contributed by atoms with E-state index in [9.17, 15) is 22.7 Å². The van der Waals surface area contributed by atoms with Crippen LogP contribution in [-0.4, -0.2) is 14.7 Å². The monoisotopic (exact) mass is 288 g/mol. The number of imidazole rings is 1. The van der Waals surface area contributed by atoms with Gasteiger partial charge in [0, 0.05) is 13.2 Å². The maximum atomic E-state index is 13.9. The molecule has 0 aliphatic rings. The van der Waals surface area contributed by atoms with Crippen LogP contribution < -0.4 is 0 Å². The molecule has 2 rings (SSSR count). The zero-order valence-corrected chi connectivity index (χ0v) is 10.7. The van der Waals surface area contributed by atoms with E-state index in [-0.39, 0.29) is 11.4 Å². The van der Waals surface area contributed by atoms with Gasteiger partial charge in [-0.1, -0.05) is 6.07 Å². The number of nitrogens with zero attached hydrogens (tertiary/aromatic N) is 2. The van der Waals surface area contributed by atoms with Gasteiger partial charge in [-0.05, 0) is 24.6 Å². The largest absolute Gasteiger partial charge is 0.434 e. The maximum absolute atomic E-state index is 13.9. The number of alkyl halides is 3. The van der Waals surface area contributed by atoms with E-state index in [4.69, 9.17) is 0 Å². The van der Waals surface area contributed by atoms with E-state index >= 15 is 0 Å². The van der Waals surface area contributed by atoms with Gasteiger partial charge in [0.15, 0.2) is 5.69 Å². The first-order chi connectivity index (χ1) is 9.20. The number of hydrogen-bond acceptors (Lipinski definition) is 2. The molecule has 0 aliphatic heterocycles. The normalized spacial score (nSPS) is 13.6. The highest BCUT2D eigenvalue weighted by Gasteiger charge is 2.34. The van der Waals surface area contributed by atoms with Gasteiger partial charge in [0.25, 0.3) is 0 Å². The summed E-state index contributed by atoms with van der Waals surface area (Å²) in [5.41, 5.74) is -0.780. The standard InChI is InChI=1S/C13H12F4N2O/c1-7(20)8-3-4-9(10(14)5-8)12-18-11(6-19(12)2)13(15,16)17/h3-7,20H,1-2H3/t7-/m1/s1. The minimum atomic E-state index is -4.58. The minimum absolute atomic E-state index is 0.0487. The van der Waals surface area contributed by atoms with Gasteiger partial charge in [-0.2, -0.15) is 13.2 Å². The van der Waals surface area contributed by atoms with Gasteiger partial charge in [-0.15, -0.1) is 0 Å². The molecule has 0 spiro atoms. The molecule has 0 saturated heterocycles. The van der Waals surface area contributed by atoms with Crippen LogP contribution in [0.4, 0.5) is 17.6 Å². The van der Waals surface area contributed by atoms with E-state index in [1.807, 2.05) is 0 Å². The predicted molar refractivity (Wildman–Crippen MR) is 64.2 cm³/mol. The van der Waals surface area contributed by atoms with Gasteiger partial charge in [-0.3, -0.25) is 0 Å². The Balaban J connectivity index is 2.50. The molecule has 0 amide bonds. The first kappa shape index (κ1) is 14.5. The molecule has 20 heavy (non-hydrogen) atoms. The fourth-order valence-electron chi connectivity index (χ4n) is 1.83. The summed E-state index contributed by atoms with van der Waals surface area (Å²) in [6.45, 7) is 1.47. The average molecular weight is 288 g/mol. The summed E-state index contributed by atoms with van der Waals surface area (Å²) in [6, 6.07) is 3.84. The molecule has 0 radical (unpaired) electrons. The Labute approximate surface area is 112 Å². The van der Waals surface area contributed by atoms with Crippen LogP contribution in [0.3, 0.4) is 0 Å². The number of aliphatic hydroxyl groups is 1. The lowest BCUT2D eigenvalue weighted by Gasteiger charge is -2.08. The van der Waals surface area contributed by atoms with Crippen molar-refractivity contribution in [2.75, 3.05) is 0 Å². The fourth-order valence-corrected chi connectivity index (χ4v) is 1.83. The molecule has 3 nitrogen and oxygen atoms in total. The topological polar surface area (TPSA) is 38.1 Å². The summed E-state index contributed by atoms with van der Waals surface area (Å²) >= 11 is 0. The van der Waals surface area contributed by atoms with Gasteiger partial charge < -0.3 is 9.67 Å². The lowest BCUT2D eigenvalue weighted by atomic mass is 10.1. The second-order valence-corrected chi connectivity index (χ2v) is 4.47.